The van der Waals surface area contributed by atoms with Crippen molar-refractivity contribution in [2.45, 2.75) is 6.42 Å². The smallest absolute Gasteiger partial charge is 0.255 e. The number of aryl methyl sites for hydroxylation is 1. The maximum atomic E-state index is 8.65. The summed E-state index contributed by atoms with van der Waals surface area (Å²) in [5.41, 5.74) is 2.05. The zero-order chi connectivity index (χ0) is 7.56. The minimum atomic E-state index is 0.247. The van der Waals surface area contributed by atoms with Gasteiger partial charge in [-0.25, -0.2) is 0 Å². The number of hydrogen-bond donors (Lipinski definition) is 1. The first-order chi connectivity index (χ1) is 4.75. The SMILES string of the molecule is C[n+]1csc(CCO)c1I. The van der Waals surface area contributed by atoms with Gasteiger partial charge in [0.1, 0.15) is 7.05 Å². The Morgan fingerprint density at radius 3 is 2.90 bits per heavy atom. The summed E-state index contributed by atoms with van der Waals surface area (Å²) in [6.45, 7) is 0.247. The topological polar surface area (TPSA) is 24.1 Å². The molecule has 0 aromatic carbocycles. The van der Waals surface area contributed by atoms with Crippen molar-refractivity contribution in [3.05, 3.63) is 14.1 Å². The fraction of sp³-hybridized carbons (Fsp3) is 0.500. The van der Waals surface area contributed by atoms with Crippen LogP contribution in [-0.4, -0.2) is 11.7 Å². The Labute approximate surface area is 77.7 Å². The van der Waals surface area contributed by atoms with E-state index < -0.39 is 0 Å². The van der Waals surface area contributed by atoms with E-state index in [1.54, 1.807) is 11.3 Å². The van der Waals surface area contributed by atoms with Crippen LogP contribution in [0.25, 0.3) is 0 Å². The number of nitrogens with zero attached hydrogens (tertiary/aromatic N) is 1. The van der Waals surface area contributed by atoms with Crippen LogP contribution in [0.3, 0.4) is 0 Å². The maximum Gasteiger partial charge on any atom is 0.255 e. The van der Waals surface area contributed by atoms with Crippen molar-refractivity contribution in [3.63, 3.8) is 0 Å². The van der Waals surface area contributed by atoms with Crippen LogP contribution in [0.2, 0.25) is 0 Å². The Bertz CT molecular complexity index is 224. The second kappa shape index (κ2) is 3.64. The van der Waals surface area contributed by atoms with Gasteiger partial charge in [0, 0.05) is 35.6 Å². The summed E-state index contributed by atoms with van der Waals surface area (Å²) < 4.78 is 3.30. The Morgan fingerprint density at radius 1 is 1.80 bits per heavy atom. The van der Waals surface area contributed by atoms with E-state index in [-0.39, 0.29) is 6.61 Å². The molecule has 1 heterocycles. The second-order valence-electron chi connectivity index (χ2n) is 2.02. The van der Waals surface area contributed by atoms with Crippen LogP contribution in [-0.2, 0) is 13.5 Å². The summed E-state index contributed by atoms with van der Waals surface area (Å²) in [7, 11) is 2.01. The Morgan fingerprint density at radius 2 is 2.50 bits per heavy atom. The summed E-state index contributed by atoms with van der Waals surface area (Å²) in [5.74, 6) is 0. The van der Waals surface area contributed by atoms with Gasteiger partial charge >= 0.3 is 0 Å². The van der Waals surface area contributed by atoms with Crippen molar-refractivity contribution in [1.82, 2.24) is 0 Å². The van der Waals surface area contributed by atoms with E-state index in [1.807, 2.05) is 12.6 Å². The van der Waals surface area contributed by atoms with Crippen LogP contribution in [0.1, 0.15) is 4.88 Å². The molecule has 1 aromatic rings. The van der Waals surface area contributed by atoms with E-state index in [0.29, 0.717) is 0 Å². The lowest BCUT2D eigenvalue weighted by molar-refractivity contribution is -0.679. The molecule has 0 saturated heterocycles. The van der Waals surface area contributed by atoms with Crippen molar-refractivity contribution in [1.29, 1.82) is 0 Å². The molecule has 0 saturated carbocycles. The highest BCUT2D eigenvalue weighted by atomic mass is 127. The van der Waals surface area contributed by atoms with Gasteiger partial charge in [0.15, 0.2) is 0 Å². The van der Waals surface area contributed by atoms with Gasteiger partial charge < -0.3 is 5.11 Å². The van der Waals surface area contributed by atoms with Crippen molar-refractivity contribution in [3.8, 4) is 0 Å². The summed E-state index contributed by atoms with van der Waals surface area (Å²) in [5, 5.41) is 8.65. The molecular formula is C6H9INOS+. The molecule has 1 aromatic heterocycles. The number of halogens is 1. The predicted molar refractivity (Wildman–Crippen MR) is 49.0 cm³/mol. The van der Waals surface area contributed by atoms with Gasteiger partial charge in [-0.05, 0) is 0 Å². The number of aliphatic hydroxyl groups is 1. The maximum absolute atomic E-state index is 8.65. The minimum absolute atomic E-state index is 0.247. The van der Waals surface area contributed by atoms with E-state index in [0.717, 1.165) is 6.42 Å². The quantitative estimate of drug-likeness (QED) is 0.621. The third-order valence-electron chi connectivity index (χ3n) is 1.23. The van der Waals surface area contributed by atoms with Gasteiger partial charge in [-0.15, -0.1) is 0 Å². The first kappa shape index (κ1) is 8.42. The van der Waals surface area contributed by atoms with E-state index in [9.17, 15) is 0 Å². The van der Waals surface area contributed by atoms with Crippen molar-refractivity contribution >= 4 is 33.9 Å². The molecule has 1 rings (SSSR count). The number of hydrogen-bond acceptors (Lipinski definition) is 2. The summed E-state index contributed by atoms with van der Waals surface area (Å²) in [6.07, 6.45) is 0.782. The normalized spacial score (nSPS) is 10.3. The fourth-order valence-corrected chi connectivity index (χ4v) is 2.52. The molecule has 4 heteroatoms. The van der Waals surface area contributed by atoms with Crippen LogP contribution in [0, 0.1) is 3.70 Å². The lowest BCUT2D eigenvalue weighted by Crippen LogP contribution is -2.28. The molecule has 0 unspecified atom stereocenters. The highest BCUT2D eigenvalue weighted by Gasteiger charge is 2.11. The molecule has 0 aliphatic carbocycles. The Kier molecular flexibility index (Phi) is 3.06. The first-order valence-electron chi connectivity index (χ1n) is 2.98. The van der Waals surface area contributed by atoms with E-state index in [2.05, 4.69) is 27.2 Å². The lowest BCUT2D eigenvalue weighted by atomic mass is 10.4. The average molecular weight is 270 g/mol. The fourth-order valence-electron chi connectivity index (χ4n) is 0.698. The largest absolute Gasteiger partial charge is 0.396 e. The zero-order valence-electron chi connectivity index (χ0n) is 5.67. The standard InChI is InChI=1S/C6H9INOS/c1-8-4-10-5(2-3-9)6(8)7/h4,9H,2-3H2,1H3/q+1. The van der Waals surface area contributed by atoms with E-state index in [4.69, 9.17) is 5.11 Å². The molecule has 2 nitrogen and oxygen atoms in total. The van der Waals surface area contributed by atoms with Gasteiger partial charge in [-0.1, -0.05) is 11.3 Å². The summed E-state index contributed by atoms with van der Waals surface area (Å²) in [6, 6.07) is 0. The monoisotopic (exact) mass is 270 g/mol. The van der Waals surface area contributed by atoms with Gasteiger partial charge in [0.05, 0.1) is 4.88 Å². The average Bonchev–Trinajstić information content (AvgIpc) is 2.20. The molecule has 0 fully saturated rings. The lowest BCUT2D eigenvalue weighted by Gasteiger charge is -1.87. The molecule has 0 radical (unpaired) electrons. The van der Waals surface area contributed by atoms with Crippen LogP contribution in [0.4, 0.5) is 0 Å². The van der Waals surface area contributed by atoms with Gasteiger partial charge in [-0.3, -0.25) is 0 Å². The molecule has 0 aliphatic heterocycles. The van der Waals surface area contributed by atoms with Crippen LogP contribution in [0.5, 0.6) is 0 Å². The van der Waals surface area contributed by atoms with Crippen LogP contribution < -0.4 is 4.57 Å². The second-order valence-corrected chi connectivity index (χ2v) is 3.98. The summed E-state index contributed by atoms with van der Waals surface area (Å²) in [4.78, 5) is 1.27. The molecule has 0 aliphatic rings. The third kappa shape index (κ3) is 1.67. The number of aliphatic hydroxyl groups excluding tert-OH is 1. The molecular weight excluding hydrogens is 261 g/mol. The Balaban J connectivity index is 2.83. The first-order valence-corrected chi connectivity index (χ1v) is 4.94. The van der Waals surface area contributed by atoms with E-state index >= 15 is 0 Å². The molecule has 56 valence electrons. The van der Waals surface area contributed by atoms with Crippen LogP contribution in [0.15, 0.2) is 5.51 Å². The van der Waals surface area contributed by atoms with Gasteiger partial charge in [-0.2, -0.15) is 4.57 Å². The zero-order valence-corrected chi connectivity index (χ0v) is 8.65. The van der Waals surface area contributed by atoms with Gasteiger partial charge in [0.25, 0.3) is 3.70 Å². The molecule has 0 spiro atoms. The highest BCUT2D eigenvalue weighted by molar-refractivity contribution is 14.1. The Hall–Kier alpha value is 0.320. The van der Waals surface area contributed by atoms with Crippen molar-refractivity contribution in [2.24, 2.45) is 7.05 Å². The van der Waals surface area contributed by atoms with Crippen molar-refractivity contribution < 1.29 is 9.67 Å². The number of aromatic nitrogens is 1. The van der Waals surface area contributed by atoms with Crippen molar-refractivity contribution in [2.75, 3.05) is 6.61 Å². The molecule has 0 bridgehead atoms. The van der Waals surface area contributed by atoms with Gasteiger partial charge in [0.2, 0.25) is 5.51 Å². The minimum Gasteiger partial charge on any atom is -0.396 e. The molecule has 0 atom stereocenters. The third-order valence-corrected chi connectivity index (χ3v) is 4.11. The molecule has 0 amide bonds. The highest BCUT2D eigenvalue weighted by Crippen LogP contribution is 2.13. The molecule has 1 N–H and O–H groups in total. The summed E-state index contributed by atoms with van der Waals surface area (Å²) >= 11 is 3.98. The number of rotatable bonds is 2. The molecule has 10 heavy (non-hydrogen) atoms. The predicted octanol–water partition coefficient (Wildman–Crippen LogP) is 0.712. The van der Waals surface area contributed by atoms with Crippen LogP contribution >= 0.6 is 33.9 Å². The van der Waals surface area contributed by atoms with E-state index in [1.165, 1.54) is 8.58 Å². The number of thiazole rings is 1.